The number of aliphatic hydroxyl groups excluding tert-OH is 1. The van der Waals surface area contributed by atoms with Crippen LogP contribution >= 0.6 is 24.0 Å². The van der Waals surface area contributed by atoms with Crippen LogP contribution < -0.4 is 0 Å². The molecule has 2 aromatic rings. The average Bonchev–Trinajstić information content (AvgIpc) is 2.61. The number of aliphatic hydroxyl groups is 1. The third-order valence-corrected chi connectivity index (χ3v) is 6.74. The van der Waals surface area contributed by atoms with Crippen LogP contribution in [-0.2, 0) is 0 Å². The third kappa shape index (κ3) is 2.46. The Labute approximate surface area is 147 Å². The van der Waals surface area contributed by atoms with E-state index < -0.39 is 0 Å². The number of thioether (sulfide) groups is 1. The van der Waals surface area contributed by atoms with Gasteiger partial charge in [-0.15, -0.1) is 11.8 Å². The van der Waals surface area contributed by atoms with Gasteiger partial charge in [0.25, 0.3) is 0 Å². The summed E-state index contributed by atoms with van der Waals surface area (Å²) in [6.45, 7) is 0. The number of rotatable bonds is 3. The van der Waals surface area contributed by atoms with Crippen LogP contribution in [-0.4, -0.2) is 21.7 Å². The Morgan fingerprint density at radius 1 is 1.09 bits per heavy atom. The normalized spacial score (nSPS) is 25.6. The van der Waals surface area contributed by atoms with Crippen LogP contribution in [0, 0.1) is 5.92 Å². The topological polar surface area (TPSA) is 20.2 Å². The van der Waals surface area contributed by atoms with E-state index in [1.165, 1.54) is 22.3 Å². The first-order valence-electron chi connectivity index (χ1n) is 8.13. The van der Waals surface area contributed by atoms with Crippen molar-refractivity contribution < 1.29 is 5.11 Å². The highest BCUT2D eigenvalue weighted by atomic mass is 32.2. The first-order valence-corrected chi connectivity index (χ1v) is 9.76. The molecule has 0 amide bonds. The standard InChI is InChI=1S/C20H20OS2/c1-23-19(22)11-18(21)17-10-16-12-6-2-4-8-14(12)20(17)15-9-5-3-7-13(15)16/h2-9,16-18,20-21H,10-11H2,1H3/t16?,17-,18+,20?/m0/s1. The average molecular weight is 341 g/mol. The monoisotopic (exact) mass is 340 g/mol. The van der Waals surface area contributed by atoms with E-state index in [4.69, 9.17) is 12.2 Å². The highest BCUT2D eigenvalue weighted by Gasteiger charge is 2.45. The molecule has 0 radical (unpaired) electrons. The summed E-state index contributed by atoms with van der Waals surface area (Å²) in [6.07, 6.45) is 3.28. The molecule has 2 aromatic carbocycles. The molecule has 0 fully saturated rings. The Kier molecular flexibility index (Phi) is 4.04. The zero-order valence-electron chi connectivity index (χ0n) is 13.1. The van der Waals surface area contributed by atoms with Crippen LogP contribution in [0.4, 0.5) is 0 Å². The predicted octanol–water partition coefficient (Wildman–Crippen LogP) is 4.73. The van der Waals surface area contributed by atoms with Crippen molar-refractivity contribution in [2.45, 2.75) is 30.8 Å². The van der Waals surface area contributed by atoms with E-state index in [1.54, 1.807) is 11.8 Å². The molecule has 2 atom stereocenters. The summed E-state index contributed by atoms with van der Waals surface area (Å²) >= 11 is 6.93. The van der Waals surface area contributed by atoms with Gasteiger partial charge >= 0.3 is 0 Å². The van der Waals surface area contributed by atoms with Crippen molar-refractivity contribution in [1.29, 1.82) is 0 Å². The van der Waals surface area contributed by atoms with Crippen molar-refractivity contribution in [3.05, 3.63) is 70.8 Å². The smallest absolute Gasteiger partial charge is 0.0631 e. The summed E-state index contributed by atoms with van der Waals surface area (Å²) in [5.41, 5.74) is 5.71. The molecule has 23 heavy (non-hydrogen) atoms. The van der Waals surface area contributed by atoms with E-state index in [-0.39, 0.29) is 12.0 Å². The molecule has 0 aromatic heterocycles. The van der Waals surface area contributed by atoms with Crippen LogP contribution in [0.1, 0.15) is 46.9 Å². The molecule has 0 aliphatic heterocycles. The molecule has 3 aliphatic rings. The van der Waals surface area contributed by atoms with Gasteiger partial charge in [-0.05, 0) is 40.8 Å². The largest absolute Gasteiger partial charge is 0.392 e. The second kappa shape index (κ2) is 6.04. The maximum absolute atomic E-state index is 10.8. The van der Waals surface area contributed by atoms with Gasteiger partial charge in [-0.25, -0.2) is 0 Å². The molecule has 3 aliphatic carbocycles. The molecule has 0 heterocycles. The van der Waals surface area contributed by atoms with Crippen LogP contribution in [0.5, 0.6) is 0 Å². The van der Waals surface area contributed by atoms with Gasteiger partial charge in [0, 0.05) is 18.3 Å². The third-order valence-electron chi connectivity index (χ3n) is 5.45. The molecule has 0 spiro atoms. The fourth-order valence-corrected chi connectivity index (χ4v) is 4.97. The van der Waals surface area contributed by atoms with Crippen LogP contribution in [0.15, 0.2) is 48.5 Å². The van der Waals surface area contributed by atoms with Crippen molar-refractivity contribution in [3.8, 4) is 0 Å². The fraction of sp³-hybridized carbons (Fsp3) is 0.350. The lowest BCUT2D eigenvalue weighted by Gasteiger charge is -2.47. The lowest BCUT2D eigenvalue weighted by molar-refractivity contribution is 0.0880. The minimum absolute atomic E-state index is 0.259. The van der Waals surface area contributed by atoms with E-state index in [2.05, 4.69) is 48.5 Å². The van der Waals surface area contributed by atoms with Gasteiger partial charge in [-0.3, -0.25) is 0 Å². The molecule has 1 N–H and O–H groups in total. The molecule has 0 saturated carbocycles. The Morgan fingerprint density at radius 2 is 1.61 bits per heavy atom. The first-order chi connectivity index (χ1) is 11.2. The lowest BCUT2D eigenvalue weighted by Crippen LogP contribution is -2.38. The Morgan fingerprint density at radius 3 is 2.13 bits per heavy atom. The predicted molar refractivity (Wildman–Crippen MR) is 101 cm³/mol. The summed E-state index contributed by atoms with van der Waals surface area (Å²) in [5.74, 6) is 0.969. The maximum Gasteiger partial charge on any atom is 0.0631 e. The van der Waals surface area contributed by atoms with Gasteiger partial charge in [-0.1, -0.05) is 60.7 Å². The summed E-state index contributed by atoms with van der Waals surface area (Å²) in [5, 5.41) is 10.8. The molecule has 3 heteroatoms. The number of thiocarbonyl (C=S) groups is 1. The highest BCUT2D eigenvalue weighted by molar-refractivity contribution is 8.22. The number of fused-ring (bicyclic) bond motifs is 1. The second-order valence-corrected chi connectivity index (χ2v) is 8.19. The van der Waals surface area contributed by atoms with E-state index in [0.717, 1.165) is 10.6 Å². The highest BCUT2D eigenvalue weighted by Crippen LogP contribution is 2.56. The Hall–Kier alpha value is -1.16. The maximum atomic E-state index is 10.8. The molecule has 0 unspecified atom stereocenters. The summed E-state index contributed by atoms with van der Waals surface area (Å²) in [4.78, 5) is 0. The summed E-state index contributed by atoms with van der Waals surface area (Å²) in [6, 6.07) is 17.5. The van der Waals surface area contributed by atoms with E-state index in [9.17, 15) is 5.11 Å². The Balaban J connectivity index is 1.78. The van der Waals surface area contributed by atoms with Gasteiger partial charge in [0.2, 0.25) is 0 Å². The van der Waals surface area contributed by atoms with E-state index >= 15 is 0 Å². The van der Waals surface area contributed by atoms with E-state index in [0.29, 0.717) is 18.3 Å². The van der Waals surface area contributed by atoms with E-state index in [1.807, 2.05) is 6.26 Å². The van der Waals surface area contributed by atoms with Crippen molar-refractivity contribution in [2.24, 2.45) is 5.92 Å². The number of benzene rings is 2. The molecule has 2 bridgehead atoms. The van der Waals surface area contributed by atoms with Gasteiger partial charge in [0.05, 0.1) is 10.3 Å². The van der Waals surface area contributed by atoms with Crippen LogP contribution in [0.3, 0.4) is 0 Å². The molecule has 5 rings (SSSR count). The fourth-order valence-electron chi connectivity index (χ4n) is 4.47. The molecular weight excluding hydrogens is 320 g/mol. The number of hydrogen-bond acceptors (Lipinski definition) is 3. The second-order valence-electron chi connectivity index (χ2n) is 6.54. The van der Waals surface area contributed by atoms with Crippen molar-refractivity contribution in [2.75, 3.05) is 6.26 Å². The van der Waals surface area contributed by atoms with Gasteiger partial charge in [-0.2, -0.15) is 0 Å². The molecule has 118 valence electrons. The minimum atomic E-state index is -0.357. The minimum Gasteiger partial charge on any atom is -0.392 e. The SMILES string of the molecule is CSC(=S)C[C@@H](O)[C@@H]1CC2c3ccccc3C1c1ccccc12. The summed E-state index contributed by atoms with van der Waals surface area (Å²) < 4.78 is 0.903. The quantitative estimate of drug-likeness (QED) is 0.816. The van der Waals surface area contributed by atoms with Gasteiger partial charge in [0.15, 0.2) is 0 Å². The lowest BCUT2D eigenvalue weighted by atomic mass is 9.58. The Bertz CT molecular complexity index is 707. The van der Waals surface area contributed by atoms with Crippen molar-refractivity contribution >= 4 is 28.2 Å². The van der Waals surface area contributed by atoms with Crippen molar-refractivity contribution in [1.82, 2.24) is 0 Å². The van der Waals surface area contributed by atoms with Gasteiger partial charge in [0.1, 0.15) is 0 Å². The first kappa shape index (κ1) is 15.4. The van der Waals surface area contributed by atoms with Crippen molar-refractivity contribution in [3.63, 3.8) is 0 Å². The molecular formula is C20H20OS2. The zero-order valence-corrected chi connectivity index (χ0v) is 14.7. The van der Waals surface area contributed by atoms with Crippen LogP contribution in [0.2, 0.25) is 0 Å². The molecule has 1 nitrogen and oxygen atoms in total. The summed E-state index contributed by atoms with van der Waals surface area (Å²) in [7, 11) is 0. The number of hydrogen-bond donors (Lipinski definition) is 1. The van der Waals surface area contributed by atoms with Crippen LogP contribution in [0.25, 0.3) is 0 Å². The molecule has 0 saturated heterocycles. The zero-order chi connectivity index (χ0) is 16.0. The van der Waals surface area contributed by atoms with Gasteiger partial charge < -0.3 is 5.11 Å².